The van der Waals surface area contributed by atoms with E-state index in [0.29, 0.717) is 23.7 Å². The minimum absolute atomic E-state index is 0. The Morgan fingerprint density at radius 1 is 1.33 bits per heavy atom. The molecule has 130 valence electrons. The molecule has 1 amide bonds. The highest BCUT2D eigenvalue weighted by Gasteiger charge is 2.35. The van der Waals surface area contributed by atoms with Crippen molar-refractivity contribution in [3.05, 3.63) is 47.2 Å². The molecule has 24 heavy (non-hydrogen) atoms. The van der Waals surface area contributed by atoms with Crippen molar-refractivity contribution < 1.29 is 4.79 Å². The Balaban J connectivity index is 0.00000208. The number of amides is 1. The van der Waals surface area contributed by atoms with E-state index in [1.165, 1.54) is 0 Å². The maximum atomic E-state index is 12.7. The lowest BCUT2D eigenvalue weighted by molar-refractivity contribution is 0.0533. The van der Waals surface area contributed by atoms with Gasteiger partial charge < -0.3 is 10.6 Å². The first-order chi connectivity index (χ1) is 10.9. The number of rotatable bonds is 2. The van der Waals surface area contributed by atoms with Gasteiger partial charge in [0, 0.05) is 30.4 Å². The minimum Gasteiger partial charge on any atom is -0.338 e. The summed E-state index contributed by atoms with van der Waals surface area (Å²) in [6, 6.07) is 7.46. The second-order valence-corrected chi connectivity index (χ2v) is 7.20. The molecule has 1 fully saturated rings. The van der Waals surface area contributed by atoms with Crippen molar-refractivity contribution in [3.63, 3.8) is 0 Å². The molecule has 0 spiro atoms. The molecule has 1 aliphatic rings. The summed E-state index contributed by atoms with van der Waals surface area (Å²) in [4.78, 5) is 14.6. The van der Waals surface area contributed by atoms with Gasteiger partial charge in [-0.2, -0.15) is 5.10 Å². The van der Waals surface area contributed by atoms with Crippen LogP contribution in [0.4, 0.5) is 0 Å². The van der Waals surface area contributed by atoms with Gasteiger partial charge in [-0.3, -0.25) is 4.79 Å². The number of nitrogens with two attached hydrogens (primary N) is 1. The van der Waals surface area contributed by atoms with Crippen molar-refractivity contribution in [2.75, 3.05) is 13.1 Å². The predicted molar refractivity (Wildman–Crippen MR) is 98.1 cm³/mol. The molecular formula is C17H22Cl2N4O. The second kappa shape index (κ2) is 7.13. The third-order valence-corrected chi connectivity index (χ3v) is 4.77. The molecule has 2 aromatic rings. The van der Waals surface area contributed by atoms with Gasteiger partial charge in [0.15, 0.2) is 0 Å². The SMILES string of the molecule is CC1(C)CN(C(=O)c2cnn(-c3ccc(Cl)cc3)c2)CCC1N.Cl. The first-order valence-electron chi connectivity index (χ1n) is 7.72. The highest BCUT2D eigenvalue weighted by Crippen LogP contribution is 2.28. The predicted octanol–water partition coefficient (Wildman–Crippen LogP) is 3.15. The van der Waals surface area contributed by atoms with E-state index in [0.717, 1.165) is 12.1 Å². The number of hydrogen-bond acceptors (Lipinski definition) is 3. The lowest BCUT2D eigenvalue weighted by Crippen LogP contribution is -2.53. The monoisotopic (exact) mass is 368 g/mol. The molecule has 1 unspecified atom stereocenters. The van der Waals surface area contributed by atoms with Crippen molar-refractivity contribution in [2.45, 2.75) is 26.3 Å². The van der Waals surface area contributed by atoms with Gasteiger partial charge in [0.1, 0.15) is 0 Å². The van der Waals surface area contributed by atoms with Crippen molar-refractivity contribution in [3.8, 4) is 5.69 Å². The van der Waals surface area contributed by atoms with Crippen LogP contribution in [0.2, 0.25) is 5.02 Å². The molecule has 2 heterocycles. The second-order valence-electron chi connectivity index (χ2n) is 6.76. The third kappa shape index (κ3) is 3.74. The van der Waals surface area contributed by atoms with Crippen LogP contribution in [-0.2, 0) is 0 Å². The summed E-state index contributed by atoms with van der Waals surface area (Å²) < 4.78 is 1.68. The van der Waals surface area contributed by atoms with Gasteiger partial charge in [0.25, 0.3) is 5.91 Å². The smallest absolute Gasteiger partial charge is 0.257 e. The number of piperidine rings is 1. The number of hydrogen-bond donors (Lipinski definition) is 1. The summed E-state index contributed by atoms with van der Waals surface area (Å²) >= 11 is 5.89. The summed E-state index contributed by atoms with van der Waals surface area (Å²) in [5.74, 6) is 0.00480. The number of halogens is 2. The molecule has 0 radical (unpaired) electrons. The summed E-state index contributed by atoms with van der Waals surface area (Å²) in [6.07, 6.45) is 4.19. The fourth-order valence-corrected chi connectivity index (χ4v) is 3.02. The summed E-state index contributed by atoms with van der Waals surface area (Å²) in [6.45, 7) is 5.57. The van der Waals surface area contributed by atoms with Crippen LogP contribution in [-0.4, -0.2) is 39.7 Å². The molecular weight excluding hydrogens is 347 g/mol. The van der Waals surface area contributed by atoms with Gasteiger partial charge in [-0.1, -0.05) is 25.4 Å². The molecule has 1 aliphatic heterocycles. The van der Waals surface area contributed by atoms with Gasteiger partial charge >= 0.3 is 0 Å². The minimum atomic E-state index is -0.0694. The summed E-state index contributed by atoms with van der Waals surface area (Å²) in [5.41, 5.74) is 7.53. The molecule has 1 saturated heterocycles. The summed E-state index contributed by atoms with van der Waals surface area (Å²) in [5, 5.41) is 4.96. The van der Waals surface area contributed by atoms with Crippen LogP contribution in [0.1, 0.15) is 30.6 Å². The maximum absolute atomic E-state index is 12.7. The van der Waals surface area contributed by atoms with Gasteiger partial charge in [-0.05, 0) is 36.1 Å². The van der Waals surface area contributed by atoms with Crippen molar-refractivity contribution >= 4 is 29.9 Å². The van der Waals surface area contributed by atoms with Crippen LogP contribution in [0.15, 0.2) is 36.7 Å². The fraction of sp³-hybridized carbons (Fsp3) is 0.412. The van der Waals surface area contributed by atoms with Gasteiger partial charge in [-0.25, -0.2) is 4.68 Å². The first kappa shape index (κ1) is 18.8. The van der Waals surface area contributed by atoms with Crippen molar-refractivity contribution in [1.82, 2.24) is 14.7 Å². The number of carbonyl (C=O) groups excluding carboxylic acids is 1. The highest BCUT2D eigenvalue weighted by atomic mass is 35.5. The zero-order chi connectivity index (χ0) is 16.6. The van der Waals surface area contributed by atoms with Crippen LogP contribution in [0.25, 0.3) is 5.69 Å². The molecule has 0 aliphatic carbocycles. The Bertz CT molecular complexity index is 712. The molecule has 7 heteroatoms. The Labute approximate surface area is 153 Å². The molecule has 3 rings (SSSR count). The largest absolute Gasteiger partial charge is 0.338 e. The summed E-state index contributed by atoms with van der Waals surface area (Å²) in [7, 11) is 0. The average Bonchev–Trinajstić information content (AvgIpc) is 3.00. The molecule has 5 nitrogen and oxygen atoms in total. The third-order valence-electron chi connectivity index (χ3n) is 4.52. The Hall–Kier alpha value is -1.56. The van der Waals surface area contributed by atoms with E-state index >= 15 is 0 Å². The number of likely N-dealkylation sites (tertiary alicyclic amines) is 1. The molecule has 1 atom stereocenters. The van der Waals surface area contributed by atoms with E-state index in [-0.39, 0.29) is 29.8 Å². The first-order valence-corrected chi connectivity index (χ1v) is 8.10. The highest BCUT2D eigenvalue weighted by molar-refractivity contribution is 6.30. The number of aromatic nitrogens is 2. The Kier molecular flexibility index (Phi) is 5.58. The number of nitrogens with zero attached hydrogens (tertiary/aromatic N) is 3. The fourth-order valence-electron chi connectivity index (χ4n) is 2.90. The zero-order valence-corrected chi connectivity index (χ0v) is 15.3. The van der Waals surface area contributed by atoms with Crippen LogP contribution < -0.4 is 5.73 Å². The standard InChI is InChI=1S/C17H21ClN4O.ClH/c1-17(2)11-21(8-7-15(17)19)16(23)12-9-20-22(10-12)14-5-3-13(18)4-6-14;/h3-6,9-10,15H,7-8,11,19H2,1-2H3;1H. The van der Waals surface area contributed by atoms with E-state index in [4.69, 9.17) is 17.3 Å². The van der Waals surface area contributed by atoms with Crippen molar-refractivity contribution in [2.24, 2.45) is 11.1 Å². The number of benzene rings is 1. The number of carbonyl (C=O) groups is 1. The molecule has 1 aromatic carbocycles. The van der Waals surface area contributed by atoms with Crippen LogP contribution in [0.3, 0.4) is 0 Å². The lowest BCUT2D eigenvalue weighted by atomic mass is 9.79. The molecule has 2 N–H and O–H groups in total. The average molecular weight is 369 g/mol. The van der Waals surface area contributed by atoms with Gasteiger partial charge in [0.2, 0.25) is 0 Å². The maximum Gasteiger partial charge on any atom is 0.257 e. The van der Waals surface area contributed by atoms with E-state index in [2.05, 4.69) is 18.9 Å². The molecule has 0 saturated carbocycles. The van der Waals surface area contributed by atoms with E-state index in [1.807, 2.05) is 17.0 Å². The molecule has 1 aromatic heterocycles. The molecule has 0 bridgehead atoms. The van der Waals surface area contributed by atoms with Crippen LogP contribution in [0, 0.1) is 5.41 Å². The van der Waals surface area contributed by atoms with E-state index in [9.17, 15) is 4.79 Å². The Morgan fingerprint density at radius 2 is 2.00 bits per heavy atom. The zero-order valence-electron chi connectivity index (χ0n) is 13.8. The van der Waals surface area contributed by atoms with Gasteiger partial charge in [0.05, 0.1) is 17.4 Å². The van der Waals surface area contributed by atoms with Crippen LogP contribution in [0.5, 0.6) is 0 Å². The van der Waals surface area contributed by atoms with Crippen LogP contribution >= 0.6 is 24.0 Å². The van der Waals surface area contributed by atoms with Crippen molar-refractivity contribution in [1.29, 1.82) is 0 Å². The quantitative estimate of drug-likeness (QED) is 0.885. The van der Waals surface area contributed by atoms with Gasteiger partial charge in [-0.15, -0.1) is 12.4 Å². The Morgan fingerprint density at radius 3 is 2.62 bits per heavy atom. The van der Waals surface area contributed by atoms with E-state index < -0.39 is 0 Å². The van der Waals surface area contributed by atoms with E-state index in [1.54, 1.807) is 29.2 Å². The lowest BCUT2D eigenvalue weighted by Gasteiger charge is -2.42. The topological polar surface area (TPSA) is 64.2 Å². The normalized spacial score (nSPS) is 19.7.